The summed E-state index contributed by atoms with van der Waals surface area (Å²) < 4.78 is 5.10. The van der Waals surface area contributed by atoms with Crippen molar-refractivity contribution in [1.82, 2.24) is 0 Å². The van der Waals surface area contributed by atoms with Crippen molar-refractivity contribution in [2.45, 2.75) is 20.1 Å². The maximum atomic E-state index is 6.00. The summed E-state index contributed by atoms with van der Waals surface area (Å²) in [6.45, 7) is 3.51. The van der Waals surface area contributed by atoms with Crippen LogP contribution in [0.2, 0.25) is 5.02 Å². The second-order valence-corrected chi connectivity index (χ2v) is 5.00. The Bertz CT molecular complexity index is 537. The van der Waals surface area contributed by atoms with E-state index in [1.165, 1.54) is 16.7 Å². The van der Waals surface area contributed by atoms with E-state index in [9.17, 15) is 0 Å². The van der Waals surface area contributed by atoms with Gasteiger partial charge in [0.2, 0.25) is 0 Å². The first-order valence-electron chi connectivity index (χ1n) is 6.26. The lowest BCUT2D eigenvalue weighted by Crippen LogP contribution is -2.01. The fraction of sp³-hybridized carbons (Fsp3) is 0.250. The molecule has 0 saturated heterocycles. The number of benzene rings is 2. The van der Waals surface area contributed by atoms with Gasteiger partial charge in [-0.1, -0.05) is 41.9 Å². The highest BCUT2D eigenvalue weighted by Crippen LogP contribution is 2.20. The Labute approximate surface area is 119 Å². The van der Waals surface area contributed by atoms with Gasteiger partial charge >= 0.3 is 0 Å². The fourth-order valence-corrected chi connectivity index (χ4v) is 2.07. The van der Waals surface area contributed by atoms with E-state index < -0.39 is 0 Å². The van der Waals surface area contributed by atoms with E-state index in [1.54, 1.807) is 7.11 Å². The molecule has 19 heavy (non-hydrogen) atoms. The van der Waals surface area contributed by atoms with Gasteiger partial charge in [-0.2, -0.15) is 0 Å². The maximum Gasteiger partial charge on any atom is 0.0713 e. The van der Waals surface area contributed by atoms with E-state index >= 15 is 0 Å². The number of halogens is 1. The lowest BCUT2D eigenvalue weighted by atomic mass is 10.1. The van der Waals surface area contributed by atoms with E-state index in [0.29, 0.717) is 6.61 Å². The highest BCUT2D eigenvalue weighted by molar-refractivity contribution is 6.30. The van der Waals surface area contributed by atoms with Crippen LogP contribution in [0.15, 0.2) is 42.5 Å². The SMILES string of the molecule is COCc1ccc(CNc2cc(Cl)ccc2C)cc1. The maximum absolute atomic E-state index is 6.00. The van der Waals surface area contributed by atoms with E-state index in [0.717, 1.165) is 17.3 Å². The molecule has 2 rings (SSSR count). The summed E-state index contributed by atoms with van der Waals surface area (Å²) in [5, 5.41) is 4.16. The monoisotopic (exact) mass is 275 g/mol. The minimum Gasteiger partial charge on any atom is -0.381 e. The Balaban J connectivity index is 2.00. The second-order valence-electron chi connectivity index (χ2n) is 4.56. The van der Waals surface area contributed by atoms with E-state index in [-0.39, 0.29) is 0 Å². The van der Waals surface area contributed by atoms with Crippen LogP contribution in [-0.2, 0) is 17.9 Å². The van der Waals surface area contributed by atoms with Crippen LogP contribution in [0.5, 0.6) is 0 Å². The number of anilines is 1. The Morgan fingerprint density at radius 1 is 1.05 bits per heavy atom. The van der Waals surface area contributed by atoms with Gasteiger partial charge in [0.05, 0.1) is 6.61 Å². The first-order chi connectivity index (χ1) is 9.19. The zero-order chi connectivity index (χ0) is 13.7. The molecule has 2 nitrogen and oxygen atoms in total. The first kappa shape index (κ1) is 13.9. The Morgan fingerprint density at radius 2 is 1.74 bits per heavy atom. The van der Waals surface area contributed by atoms with Gasteiger partial charge in [-0.3, -0.25) is 0 Å². The van der Waals surface area contributed by atoms with Crippen molar-refractivity contribution in [1.29, 1.82) is 0 Å². The van der Waals surface area contributed by atoms with Gasteiger partial charge in [-0.05, 0) is 35.7 Å². The molecule has 0 aliphatic carbocycles. The number of ether oxygens (including phenoxy) is 1. The summed E-state index contributed by atoms with van der Waals surface area (Å²) in [7, 11) is 1.71. The predicted molar refractivity (Wildman–Crippen MR) is 80.7 cm³/mol. The van der Waals surface area contributed by atoms with Crippen molar-refractivity contribution in [2.75, 3.05) is 12.4 Å². The van der Waals surface area contributed by atoms with Crippen LogP contribution in [0.3, 0.4) is 0 Å². The summed E-state index contributed by atoms with van der Waals surface area (Å²) in [5.74, 6) is 0. The summed E-state index contributed by atoms with van der Waals surface area (Å²) in [4.78, 5) is 0. The molecule has 0 aromatic heterocycles. The van der Waals surface area contributed by atoms with Crippen molar-refractivity contribution in [3.8, 4) is 0 Å². The van der Waals surface area contributed by atoms with Crippen molar-refractivity contribution in [3.63, 3.8) is 0 Å². The number of aryl methyl sites for hydroxylation is 1. The van der Waals surface area contributed by atoms with Gasteiger partial charge in [0.1, 0.15) is 0 Å². The first-order valence-corrected chi connectivity index (χ1v) is 6.63. The van der Waals surface area contributed by atoms with E-state index in [1.807, 2.05) is 18.2 Å². The number of nitrogens with one attached hydrogen (secondary N) is 1. The fourth-order valence-electron chi connectivity index (χ4n) is 1.90. The van der Waals surface area contributed by atoms with Crippen LogP contribution in [-0.4, -0.2) is 7.11 Å². The molecule has 0 aliphatic rings. The zero-order valence-corrected chi connectivity index (χ0v) is 12.0. The molecule has 1 N–H and O–H groups in total. The van der Waals surface area contributed by atoms with Crippen LogP contribution in [0, 0.1) is 6.92 Å². The predicted octanol–water partition coefficient (Wildman–Crippen LogP) is 4.41. The molecule has 0 radical (unpaired) electrons. The number of hydrogen-bond donors (Lipinski definition) is 1. The van der Waals surface area contributed by atoms with Gasteiger partial charge in [-0.25, -0.2) is 0 Å². The van der Waals surface area contributed by atoms with Crippen molar-refractivity contribution in [3.05, 3.63) is 64.2 Å². The number of hydrogen-bond acceptors (Lipinski definition) is 2. The molecule has 0 unspecified atom stereocenters. The second kappa shape index (κ2) is 6.60. The molecule has 3 heteroatoms. The van der Waals surface area contributed by atoms with Gasteiger partial charge in [0, 0.05) is 24.4 Å². The minimum atomic E-state index is 0.654. The van der Waals surface area contributed by atoms with Gasteiger partial charge in [0.25, 0.3) is 0 Å². The Hall–Kier alpha value is -1.51. The van der Waals surface area contributed by atoms with Crippen molar-refractivity contribution in [2.24, 2.45) is 0 Å². The molecule has 0 amide bonds. The highest BCUT2D eigenvalue weighted by Gasteiger charge is 2.00. The molecule has 100 valence electrons. The molecule has 0 spiro atoms. The van der Waals surface area contributed by atoms with Crippen LogP contribution in [0.1, 0.15) is 16.7 Å². The molecule has 2 aromatic carbocycles. The molecular formula is C16H18ClNO. The summed E-state index contributed by atoms with van der Waals surface area (Å²) >= 11 is 6.00. The van der Waals surface area contributed by atoms with Crippen LogP contribution >= 0.6 is 11.6 Å². The summed E-state index contributed by atoms with van der Waals surface area (Å²) in [5.41, 5.74) is 4.69. The zero-order valence-electron chi connectivity index (χ0n) is 11.2. The third-order valence-electron chi connectivity index (χ3n) is 3.02. The highest BCUT2D eigenvalue weighted by atomic mass is 35.5. The van der Waals surface area contributed by atoms with Crippen LogP contribution < -0.4 is 5.32 Å². The Morgan fingerprint density at radius 3 is 2.42 bits per heavy atom. The van der Waals surface area contributed by atoms with E-state index in [2.05, 4.69) is 36.5 Å². The van der Waals surface area contributed by atoms with Gasteiger partial charge < -0.3 is 10.1 Å². The molecular weight excluding hydrogens is 258 g/mol. The molecule has 0 heterocycles. The minimum absolute atomic E-state index is 0.654. The standard InChI is InChI=1S/C16H18ClNO/c1-12-3-8-15(17)9-16(12)18-10-13-4-6-14(7-5-13)11-19-2/h3-9,18H,10-11H2,1-2H3. The lowest BCUT2D eigenvalue weighted by molar-refractivity contribution is 0.185. The third kappa shape index (κ3) is 3.98. The molecule has 2 aromatic rings. The largest absolute Gasteiger partial charge is 0.381 e. The van der Waals surface area contributed by atoms with Crippen LogP contribution in [0.25, 0.3) is 0 Å². The van der Waals surface area contributed by atoms with E-state index in [4.69, 9.17) is 16.3 Å². The molecule has 0 atom stereocenters. The van der Waals surface area contributed by atoms with Gasteiger partial charge in [-0.15, -0.1) is 0 Å². The number of rotatable bonds is 5. The van der Waals surface area contributed by atoms with Crippen LogP contribution in [0.4, 0.5) is 5.69 Å². The quantitative estimate of drug-likeness (QED) is 0.873. The summed E-state index contributed by atoms with van der Waals surface area (Å²) in [6.07, 6.45) is 0. The summed E-state index contributed by atoms with van der Waals surface area (Å²) in [6, 6.07) is 14.3. The third-order valence-corrected chi connectivity index (χ3v) is 3.25. The van der Waals surface area contributed by atoms with Crippen molar-refractivity contribution >= 4 is 17.3 Å². The number of methoxy groups -OCH3 is 1. The topological polar surface area (TPSA) is 21.3 Å². The molecule has 0 saturated carbocycles. The smallest absolute Gasteiger partial charge is 0.0713 e. The molecule has 0 aliphatic heterocycles. The molecule has 0 fully saturated rings. The van der Waals surface area contributed by atoms with Crippen molar-refractivity contribution < 1.29 is 4.74 Å². The van der Waals surface area contributed by atoms with Gasteiger partial charge in [0.15, 0.2) is 0 Å². The average Bonchev–Trinajstić information content (AvgIpc) is 2.42. The Kier molecular flexibility index (Phi) is 4.83. The normalized spacial score (nSPS) is 10.5. The average molecular weight is 276 g/mol. The lowest BCUT2D eigenvalue weighted by Gasteiger charge is -2.10. The molecule has 0 bridgehead atoms.